The fourth-order valence-electron chi connectivity index (χ4n) is 2.86. The zero-order valence-corrected chi connectivity index (χ0v) is 14.5. The Hall–Kier alpha value is -2.18. The predicted molar refractivity (Wildman–Crippen MR) is 91.0 cm³/mol. The molecule has 2 rings (SSSR count). The molecule has 0 saturated carbocycles. The molecule has 1 atom stereocenters. The fraction of sp³-hybridized carbons (Fsp3) is 0.556. The molecule has 25 heavy (non-hydrogen) atoms. The summed E-state index contributed by atoms with van der Waals surface area (Å²) in [4.78, 5) is 25.6. The summed E-state index contributed by atoms with van der Waals surface area (Å²) < 4.78 is 26.2. The van der Waals surface area contributed by atoms with E-state index in [-0.39, 0.29) is 11.9 Å². The van der Waals surface area contributed by atoms with E-state index in [0.29, 0.717) is 31.5 Å². The highest BCUT2D eigenvalue weighted by molar-refractivity contribution is 5.76. The molecule has 1 fully saturated rings. The second-order valence-corrected chi connectivity index (χ2v) is 6.34. The number of carbonyl (C=O) groups excluding carboxylic acids is 2. The SMILES string of the molecule is CC(NC(=O)NCCCN1CCCCCC1=O)c1ccc(F)c(F)c1. The Morgan fingerprint density at radius 2 is 2.04 bits per heavy atom. The molecule has 0 radical (unpaired) electrons. The molecule has 1 aromatic carbocycles. The Morgan fingerprint density at radius 3 is 2.80 bits per heavy atom. The number of carbonyl (C=O) groups is 2. The topological polar surface area (TPSA) is 61.4 Å². The van der Waals surface area contributed by atoms with E-state index in [1.54, 1.807) is 6.92 Å². The van der Waals surface area contributed by atoms with Gasteiger partial charge in [-0.3, -0.25) is 4.79 Å². The molecule has 0 bridgehead atoms. The molecule has 2 N–H and O–H groups in total. The van der Waals surface area contributed by atoms with Gasteiger partial charge in [0.25, 0.3) is 0 Å². The Kier molecular flexibility index (Phi) is 7.16. The van der Waals surface area contributed by atoms with Gasteiger partial charge in [0, 0.05) is 26.1 Å². The molecule has 1 unspecified atom stereocenters. The van der Waals surface area contributed by atoms with Crippen molar-refractivity contribution in [2.75, 3.05) is 19.6 Å². The third-order valence-electron chi connectivity index (χ3n) is 4.35. The van der Waals surface area contributed by atoms with Gasteiger partial charge in [0.1, 0.15) is 0 Å². The summed E-state index contributed by atoms with van der Waals surface area (Å²) in [6, 6.07) is 2.74. The maximum Gasteiger partial charge on any atom is 0.315 e. The average molecular weight is 353 g/mol. The molecule has 3 amide bonds. The smallest absolute Gasteiger partial charge is 0.315 e. The minimum absolute atomic E-state index is 0.189. The number of nitrogens with zero attached hydrogens (tertiary/aromatic N) is 1. The van der Waals surface area contributed by atoms with Crippen molar-refractivity contribution in [3.05, 3.63) is 35.4 Å². The molecule has 1 saturated heterocycles. The van der Waals surface area contributed by atoms with Gasteiger partial charge in [-0.15, -0.1) is 0 Å². The van der Waals surface area contributed by atoms with Gasteiger partial charge in [0.05, 0.1) is 6.04 Å². The lowest BCUT2D eigenvalue weighted by Crippen LogP contribution is -2.39. The zero-order chi connectivity index (χ0) is 18.2. The lowest BCUT2D eigenvalue weighted by atomic mass is 10.1. The third-order valence-corrected chi connectivity index (χ3v) is 4.35. The van der Waals surface area contributed by atoms with Gasteiger partial charge < -0.3 is 15.5 Å². The van der Waals surface area contributed by atoms with E-state index < -0.39 is 17.7 Å². The maximum atomic E-state index is 13.2. The summed E-state index contributed by atoms with van der Waals surface area (Å²) in [6.07, 6.45) is 4.37. The molecule has 7 heteroatoms. The highest BCUT2D eigenvalue weighted by atomic mass is 19.2. The van der Waals surface area contributed by atoms with Crippen molar-refractivity contribution in [2.45, 2.75) is 45.1 Å². The minimum Gasteiger partial charge on any atom is -0.343 e. The van der Waals surface area contributed by atoms with Crippen LogP contribution in [0.2, 0.25) is 0 Å². The van der Waals surface area contributed by atoms with E-state index in [1.807, 2.05) is 4.90 Å². The quantitative estimate of drug-likeness (QED) is 0.772. The summed E-state index contributed by atoms with van der Waals surface area (Å²) in [5, 5.41) is 5.40. The second-order valence-electron chi connectivity index (χ2n) is 6.34. The summed E-state index contributed by atoms with van der Waals surface area (Å²) in [5.41, 5.74) is 0.490. The van der Waals surface area contributed by atoms with Crippen molar-refractivity contribution in [3.8, 4) is 0 Å². The van der Waals surface area contributed by atoms with Crippen molar-refractivity contribution in [3.63, 3.8) is 0 Å². The first-order chi connectivity index (χ1) is 12.0. The molecule has 0 aliphatic carbocycles. The number of hydrogen-bond acceptors (Lipinski definition) is 2. The average Bonchev–Trinajstić information content (AvgIpc) is 2.78. The van der Waals surface area contributed by atoms with Gasteiger partial charge >= 0.3 is 6.03 Å². The van der Waals surface area contributed by atoms with Gasteiger partial charge in [-0.2, -0.15) is 0 Å². The number of hydrogen-bond donors (Lipinski definition) is 2. The van der Waals surface area contributed by atoms with E-state index in [0.717, 1.165) is 37.9 Å². The maximum absolute atomic E-state index is 13.2. The molecule has 1 aromatic rings. The molecular formula is C18H25F2N3O2. The van der Waals surface area contributed by atoms with Gasteiger partial charge in [0.15, 0.2) is 11.6 Å². The second kappa shape index (κ2) is 9.34. The Bertz CT molecular complexity index is 610. The number of amides is 3. The van der Waals surface area contributed by atoms with E-state index in [9.17, 15) is 18.4 Å². The fourth-order valence-corrected chi connectivity index (χ4v) is 2.86. The number of urea groups is 1. The van der Waals surface area contributed by atoms with E-state index >= 15 is 0 Å². The molecule has 0 aromatic heterocycles. The lowest BCUT2D eigenvalue weighted by molar-refractivity contribution is -0.130. The first kappa shape index (κ1) is 19.1. The van der Waals surface area contributed by atoms with Gasteiger partial charge in [-0.05, 0) is 43.9 Å². The van der Waals surface area contributed by atoms with Crippen LogP contribution in [0.4, 0.5) is 13.6 Å². The predicted octanol–water partition coefficient (Wildman–Crippen LogP) is 3.12. The highest BCUT2D eigenvalue weighted by Gasteiger charge is 2.16. The van der Waals surface area contributed by atoms with Crippen LogP contribution in [0.3, 0.4) is 0 Å². The lowest BCUT2D eigenvalue weighted by Gasteiger charge is -2.20. The summed E-state index contributed by atoms with van der Waals surface area (Å²) >= 11 is 0. The third kappa shape index (κ3) is 5.99. The number of likely N-dealkylation sites (tertiary alicyclic amines) is 1. The van der Waals surface area contributed by atoms with E-state index in [2.05, 4.69) is 10.6 Å². The Morgan fingerprint density at radius 1 is 1.24 bits per heavy atom. The van der Waals surface area contributed by atoms with Crippen LogP contribution in [0, 0.1) is 11.6 Å². The minimum atomic E-state index is -0.936. The number of nitrogens with one attached hydrogen (secondary N) is 2. The zero-order valence-electron chi connectivity index (χ0n) is 14.5. The monoisotopic (exact) mass is 353 g/mol. The van der Waals surface area contributed by atoms with Gasteiger partial charge in [-0.25, -0.2) is 13.6 Å². The molecule has 5 nitrogen and oxygen atoms in total. The molecule has 0 spiro atoms. The van der Waals surface area contributed by atoms with Crippen LogP contribution in [0.15, 0.2) is 18.2 Å². The van der Waals surface area contributed by atoms with Crippen LogP contribution >= 0.6 is 0 Å². The Labute approximate surface area is 146 Å². The van der Waals surface area contributed by atoms with Crippen molar-refractivity contribution in [1.82, 2.24) is 15.5 Å². The molecule has 1 aliphatic heterocycles. The number of halogens is 2. The largest absolute Gasteiger partial charge is 0.343 e. The normalized spacial score (nSPS) is 16.3. The van der Waals surface area contributed by atoms with Crippen molar-refractivity contribution in [2.24, 2.45) is 0 Å². The van der Waals surface area contributed by atoms with E-state index in [1.165, 1.54) is 6.07 Å². The van der Waals surface area contributed by atoms with E-state index in [4.69, 9.17) is 0 Å². The number of benzene rings is 1. The van der Waals surface area contributed by atoms with Crippen LogP contribution < -0.4 is 10.6 Å². The summed E-state index contributed by atoms with van der Waals surface area (Å²) in [6.45, 7) is 3.57. The summed E-state index contributed by atoms with van der Waals surface area (Å²) in [7, 11) is 0. The summed E-state index contributed by atoms with van der Waals surface area (Å²) in [5.74, 6) is -1.66. The molecule has 138 valence electrons. The molecule has 1 heterocycles. The molecular weight excluding hydrogens is 328 g/mol. The number of rotatable bonds is 6. The Balaban J connectivity index is 1.69. The molecule has 1 aliphatic rings. The van der Waals surface area contributed by atoms with Gasteiger partial charge in [0.2, 0.25) is 5.91 Å². The van der Waals surface area contributed by atoms with Crippen LogP contribution in [0.25, 0.3) is 0 Å². The first-order valence-corrected chi connectivity index (χ1v) is 8.74. The van der Waals surface area contributed by atoms with Crippen LogP contribution in [-0.4, -0.2) is 36.5 Å². The standard InChI is InChI=1S/C18H25F2N3O2/c1-13(14-7-8-15(19)16(20)12-14)22-18(25)21-9-5-11-23-10-4-2-3-6-17(23)24/h7-8,12-13H,2-6,9-11H2,1H3,(H2,21,22,25). The first-order valence-electron chi connectivity index (χ1n) is 8.74. The van der Waals surface area contributed by atoms with Crippen LogP contribution in [0.1, 0.15) is 50.6 Å². The van der Waals surface area contributed by atoms with Crippen LogP contribution in [-0.2, 0) is 4.79 Å². The van der Waals surface area contributed by atoms with Crippen molar-refractivity contribution in [1.29, 1.82) is 0 Å². The van der Waals surface area contributed by atoms with Gasteiger partial charge in [-0.1, -0.05) is 12.5 Å². The van der Waals surface area contributed by atoms with Crippen molar-refractivity contribution < 1.29 is 18.4 Å². The highest BCUT2D eigenvalue weighted by Crippen LogP contribution is 2.15. The van der Waals surface area contributed by atoms with Crippen LogP contribution in [0.5, 0.6) is 0 Å². The van der Waals surface area contributed by atoms with Crippen molar-refractivity contribution >= 4 is 11.9 Å².